The van der Waals surface area contributed by atoms with E-state index in [2.05, 4.69) is 15.6 Å². The number of carbonyl (C=O) groups excluding carboxylic acids is 3. The molecule has 2 aromatic rings. The molecule has 2 heterocycles. The van der Waals surface area contributed by atoms with E-state index in [-0.39, 0.29) is 40.3 Å². The summed E-state index contributed by atoms with van der Waals surface area (Å²) in [5, 5.41) is 15.7. The minimum Gasteiger partial charge on any atom is -0.477 e. The first-order valence-electron chi connectivity index (χ1n) is 16.6. The van der Waals surface area contributed by atoms with Crippen LogP contribution in [0.1, 0.15) is 95.5 Å². The third kappa shape index (κ3) is 7.61. The number of rotatable bonds is 8. The van der Waals surface area contributed by atoms with Gasteiger partial charge in [-0.15, -0.1) is 0 Å². The molecule has 3 aliphatic rings. The fraction of sp³-hybridized carbons (Fsp3) is 0.647. The number of H-pyrrole nitrogens is 1. The summed E-state index contributed by atoms with van der Waals surface area (Å²) in [5.74, 6) is -1.43. The molecule has 12 heteroatoms. The molecule has 1 aromatic heterocycles. The van der Waals surface area contributed by atoms with Gasteiger partial charge in [0.2, 0.25) is 11.8 Å². The lowest BCUT2D eigenvalue weighted by Gasteiger charge is -2.37. The smallest absolute Gasteiger partial charge is 0.407 e. The Bertz CT molecular complexity index is 1440. The van der Waals surface area contributed by atoms with Crippen LogP contribution in [-0.2, 0) is 14.3 Å². The van der Waals surface area contributed by atoms with Crippen LogP contribution < -0.4 is 10.6 Å². The van der Waals surface area contributed by atoms with Crippen LogP contribution in [0.5, 0.6) is 0 Å². The summed E-state index contributed by atoms with van der Waals surface area (Å²) >= 11 is 6.33. The van der Waals surface area contributed by atoms with Crippen molar-refractivity contribution in [2.45, 2.75) is 103 Å². The largest absolute Gasteiger partial charge is 0.477 e. The van der Waals surface area contributed by atoms with E-state index < -0.39 is 36.4 Å². The zero-order valence-electron chi connectivity index (χ0n) is 26.9. The van der Waals surface area contributed by atoms with Crippen LogP contribution in [0, 0.1) is 23.7 Å². The number of aromatic nitrogens is 1. The number of carboxylic acids is 1. The first-order chi connectivity index (χ1) is 21.9. The van der Waals surface area contributed by atoms with Crippen LogP contribution in [0.25, 0.3) is 10.9 Å². The van der Waals surface area contributed by atoms with Crippen LogP contribution in [0.15, 0.2) is 18.2 Å². The Morgan fingerprint density at radius 1 is 1.07 bits per heavy atom. The van der Waals surface area contributed by atoms with Gasteiger partial charge < -0.3 is 30.4 Å². The second-order valence-corrected chi connectivity index (χ2v) is 14.6. The van der Waals surface area contributed by atoms with E-state index in [4.69, 9.17) is 16.3 Å². The molecule has 3 amide bonds. The molecule has 3 fully saturated rings. The van der Waals surface area contributed by atoms with Crippen molar-refractivity contribution in [1.29, 1.82) is 0 Å². The predicted molar refractivity (Wildman–Crippen MR) is 174 cm³/mol. The van der Waals surface area contributed by atoms with Gasteiger partial charge in [0.1, 0.15) is 24.0 Å². The number of likely N-dealkylation sites (tertiary alicyclic amines) is 1. The normalized spacial score (nSPS) is 24.8. The van der Waals surface area contributed by atoms with Crippen molar-refractivity contribution in [1.82, 2.24) is 15.2 Å². The van der Waals surface area contributed by atoms with Crippen LogP contribution in [0.3, 0.4) is 0 Å². The zero-order valence-corrected chi connectivity index (χ0v) is 27.6. The van der Waals surface area contributed by atoms with Crippen LogP contribution in [0.4, 0.5) is 14.9 Å². The summed E-state index contributed by atoms with van der Waals surface area (Å²) < 4.78 is 19.3. The minimum absolute atomic E-state index is 0.0379. The van der Waals surface area contributed by atoms with Crippen molar-refractivity contribution in [3.05, 3.63) is 28.9 Å². The van der Waals surface area contributed by atoms with E-state index in [1.807, 2.05) is 0 Å². The lowest BCUT2D eigenvalue weighted by Crippen LogP contribution is -2.50. The van der Waals surface area contributed by atoms with Gasteiger partial charge in [0, 0.05) is 29.1 Å². The molecule has 1 aliphatic heterocycles. The number of alkyl halides is 1. The number of nitrogens with one attached hydrogen (secondary N) is 3. The number of hydrogen-bond acceptors (Lipinski definition) is 5. The molecule has 1 aromatic carbocycles. The van der Waals surface area contributed by atoms with Gasteiger partial charge in [0.25, 0.3) is 0 Å². The molecule has 4 N–H and O–H groups in total. The van der Waals surface area contributed by atoms with Gasteiger partial charge in [-0.2, -0.15) is 0 Å². The molecule has 2 aliphatic carbocycles. The second-order valence-electron chi connectivity index (χ2n) is 14.2. The number of alkyl carbamates (subject to hydrolysis) is 1. The molecule has 1 saturated heterocycles. The van der Waals surface area contributed by atoms with Gasteiger partial charge in [-0.1, -0.05) is 43.7 Å². The molecule has 46 heavy (non-hydrogen) atoms. The lowest BCUT2D eigenvalue weighted by atomic mass is 9.76. The SMILES string of the molecule is CC(C)(C)OC(=O)N[C@H](CF)C1CCC(C(=O)N2CC[C@@H](C3CCCCC3)[C@@H]2C(=O)Nc2ccc3[nH]c(C(=O)O)c(Cl)c3c2)CC1. The maximum atomic E-state index is 14.1. The summed E-state index contributed by atoms with van der Waals surface area (Å²) in [5.41, 5.74) is 0.227. The van der Waals surface area contributed by atoms with Crippen molar-refractivity contribution in [3.8, 4) is 0 Å². The Balaban J connectivity index is 1.29. The molecule has 3 atom stereocenters. The highest BCUT2D eigenvalue weighted by Gasteiger charge is 2.47. The molecule has 2 saturated carbocycles. The van der Waals surface area contributed by atoms with Gasteiger partial charge in [-0.25, -0.2) is 14.0 Å². The zero-order chi connectivity index (χ0) is 33.2. The van der Waals surface area contributed by atoms with E-state index in [1.165, 1.54) is 6.42 Å². The Labute approximate surface area is 274 Å². The van der Waals surface area contributed by atoms with Crippen molar-refractivity contribution in [3.63, 3.8) is 0 Å². The molecule has 252 valence electrons. The quantitative estimate of drug-likeness (QED) is 0.242. The Kier molecular flexibility index (Phi) is 10.5. The molecule has 10 nitrogen and oxygen atoms in total. The van der Waals surface area contributed by atoms with Crippen molar-refractivity contribution < 1.29 is 33.4 Å². The lowest BCUT2D eigenvalue weighted by molar-refractivity contribution is -0.142. The van der Waals surface area contributed by atoms with Crippen LogP contribution in [-0.4, -0.2) is 69.8 Å². The Morgan fingerprint density at radius 3 is 2.39 bits per heavy atom. The van der Waals surface area contributed by atoms with Crippen LogP contribution >= 0.6 is 11.6 Å². The number of fused-ring (bicyclic) bond motifs is 1. The summed E-state index contributed by atoms with van der Waals surface area (Å²) in [7, 11) is 0. The molecular weight excluding hydrogens is 615 g/mol. The first-order valence-corrected chi connectivity index (χ1v) is 17.0. The number of halogens is 2. The van der Waals surface area contributed by atoms with Gasteiger partial charge >= 0.3 is 12.1 Å². The number of ether oxygens (including phenoxy) is 1. The molecule has 0 unspecified atom stereocenters. The topological polar surface area (TPSA) is 141 Å². The van der Waals surface area contributed by atoms with Gasteiger partial charge in [-0.05, 0) is 88.8 Å². The van der Waals surface area contributed by atoms with E-state index in [0.717, 1.165) is 32.1 Å². The third-order valence-corrected chi connectivity index (χ3v) is 10.4. The van der Waals surface area contributed by atoms with Crippen LogP contribution in [0.2, 0.25) is 5.02 Å². The number of nitrogens with zero attached hydrogens (tertiary/aromatic N) is 1. The van der Waals surface area contributed by atoms with Crippen molar-refractivity contribution >= 4 is 52.1 Å². The number of carboxylic acid groups (broad SMARTS) is 1. The molecular formula is C34H46ClFN4O6. The van der Waals surface area contributed by atoms with Gasteiger partial charge in [-0.3, -0.25) is 9.59 Å². The Hall–Kier alpha value is -3.34. The third-order valence-electron chi connectivity index (χ3n) is 10.0. The monoisotopic (exact) mass is 660 g/mol. The van der Waals surface area contributed by atoms with Gasteiger partial charge in [0.05, 0.1) is 11.1 Å². The number of aromatic amines is 1. The molecule has 0 bridgehead atoms. The fourth-order valence-electron chi connectivity index (χ4n) is 7.80. The molecule has 0 radical (unpaired) electrons. The summed E-state index contributed by atoms with van der Waals surface area (Å²) in [4.78, 5) is 56.5. The van der Waals surface area contributed by atoms with E-state index in [0.29, 0.717) is 54.7 Å². The number of benzene rings is 1. The standard InChI is InChI=1S/C34H46ClFN4O6/c1-34(2,3)46-33(45)39-26(18-36)20-9-11-21(12-10-20)31(42)40-16-15-23(19-7-5-4-6-8-19)29(40)30(41)37-22-13-14-25-24(17-22)27(35)28(38-25)32(43)44/h13-14,17,19-21,23,26,29,38H,4-12,15-16,18H2,1-3H3,(H,37,41)(H,39,45)(H,43,44)/t20?,21?,23-,26+,29+/m0/s1. The number of hydrogen-bond donors (Lipinski definition) is 4. The van der Waals surface area contributed by atoms with E-state index in [1.54, 1.807) is 43.9 Å². The highest BCUT2D eigenvalue weighted by Crippen LogP contribution is 2.41. The first kappa shape index (κ1) is 34.0. The summed E-state index contributed by atoms with van der Waals surface area (Å²) in [6.45, 7) is 5.07. The minimum atomic E-state index is -1.17. The van der Waals surface area contributed by atoms with Crippen molar-refractivity contribution in [2.24, 2.45) is 23.7 Å². The van der Waals surface area contributed by atoms with E-state index in [9.17, 15) is 28.7 Å². The molecule has 0 spiro atoms. The summed E-state index contributed by atoms with van der Waals surface area (Å²) in [6, 6.07) is 3.74. The second kappa shape index (κ2) is 14.2. The Morgan fingerprint density at radius 2 is 1.76 bits per heavy atom. The van der Waals surface area contributed by atoms with E-state index >= 15 is 0 Å². The average Bonchev–Trinajstić information content (AvgIpc) is 3.61. The van der Waals surface area contributed by atoms with Gasteiger partial charge in [0.15, 0.2) is 0 Å². The molecule has 5 rings (SSSR count). The van der Waals surface area contributed by atoms with Crippen molar-refractivity contribution in [2.75, 3.05) is 18.5 Å². The predicted octanol–water partition coefficient (Wildman–Crippen LogP) is 6.92. The average molecular weight is 661 g/mol. The number of anilines is 1. The maximum absolute atomic E-state index is 14.1. The fourth-order valence-corrected chi connectivity index (χ4v) is 8.08. The number of amides is 3. The highest BCUT2D eigenvalue weighted by molar-refractivity contribution is 6.38. The highest BCUT2D eigenvalue weighted by atomic mass is 35.5. The summed E-state index contributed by atoms with van der Waals surface area (Å²) in [6.07, 6.45) is 7.92. The number of aromatic carboxylic acids is 1. The number of carbonyl (C=O) groups is 4. The maximum Gasteiger partial charge on any atom is 0.407 e.